The van der Waals surface area contributed by atoms with Crippen LogP contribution in [0.2, 0.25) is 0 Å². The predicted octanol–water partition coefficient (Wildman–Crippen LogP) is 16.8. The number of rotatable bonds is 50. The fourth-order valence-corrected chi connectivity index (χ4v) is 8.21. The van der Waals surface area contributed by atoms with Crippen LogP contribution < -0.4 is 0 Å². The zero-order valence-electron chi connectivity index (χ0n) is 43.2. The Morgan fingerprint density at radius 2 is 0.892 bits per heavy atom. The fourth-order valence-electron chi connectivity index (χ4n) is 7.46. The van der Waals surface area contributed by atoms with Crippen molar-refractivity contribution in [2.24, 2.45) is 0 Å². The molecule has 65 heavy (non-hydrogen) atoms. The van der Waals surface area contributed by atoms with Crippen molar-refractivity contribution in [2.75, 3.05) is 54.1 Å². The number of allylic oxidation sites excluding steroid dienone is 10. The van der Waals surface area contributed by atoms with Crippen molar-refractivity contribution in [2.45, 2.75) is 238 Å². The molecule has 0 amide bonds. The van der Waals surface area contributed by atoms with Crippen molar-refractivity contribution in [1.82, 2.24) is 0 Å². The normalized spacial score (nSPS) is 14.0. The van der Waals surface area contributed by atoms with Gasteiger partial charge in [0, 0.05) is 13.0 Å². The van der Waals surface area contributed by atoms with Gasteiger partial charge in [0.25, 0.3) is 0 Å². The molecular weight excluding hydrogens is 830 g/mol. The van der Waals surface area contributed by atoms with Crippen molar-refractivity contribution in [3.05, 3.63) is 60.8 Å². The number of quaternary nitrogens is 1. The molecule has 0 aromatic heterocycles. The topological polar surface area (TPSA) is 91.3 Å². The van der Waals surface area contributed by atoms with Crippen LogP contribution in [-0.2, 0) is 27.9 Å². The number of nitrogens with zero attached hydrogens (tertiary/aromatic N) is 1. The second-order valence-corrected chi connectivity index (χ2v) is 20.7. The molecule has 0 aromatic carbocycles. The van der Waals surface area contributed by atoms with E-state index in [1.807, 2.05) is 21.1 Å². The number of hydrogen-bond donors (Lipinski definition) is 1. The highest BCUT2D eigenvalue weighted by Gasteiger charge is 2.26. The number of unbranched alkanes of at least 4 members (excludes halogenated alkanes) is 26. The lowest BCUT2D eigenvalue weighted by Gasteiger charge is -2.24. The van der Waals surface area contributed by atoms with E-state index in [1.165, 1.54) is 128 Å². The first-order chi connectivity index (χ1) is 31.6. The highest BCUT2D eigenvalue weighted by atomic mass is 31.2. The quantitative estimate of drug-likeness (QED) is 0.0214. The summed E-state index contributed by atoms with van der Waals surface area (Å²) < 4.78 is 35.2. The Hall–Kier alpha value is -1.80. The number of phosphoric ester groups is 1. The fraction of sp³-hybridized carbons (Fsp3) is 0.804. The first-order valence-electron chi connectivity index (χ1n) is 27.0. The van der Waals surface area contributed by atoms with Crippen molar-refractivity contribution in [3.8, 4) is 0 Å². The molecule has 0 fully saturated rings. The summed E-state index contributed by atoms with van der Waals surface area (Å²) in [7, 11) is 1.65. The van der Waals surface area contributed by atoms with Crippen LogP contribution in [0.3, 0.4) is 0 Å². The summed E-state index contributed by atoms with van der Waals surface area (Å²) in [5.41, 5.74) is 0. The highest BCUT2D eigenvalue weighted by molar-refractivity contribution is 7.47. The maximum atomic E-state index is 12.8. The van der Waals surface area contributed by atoms with E-state index in [2.05, 4.69) is 74.6 Å². The van der Waals surface area contributed by atoms with Gasteiger partial charge >= 0.3 is 13.8 Å². The number of likely N-dealkylation sites (N-methyl/N-ethyl adjacent to an activating group) is 1. The van der Waals surface area contributed by atoms with Crippen LogP contribution in [0.1, 0.15) is 232 Å². The smallest absolute Gasteiger partial charge is 0.457 e. The maximum absolute atomic E-state index is 12.8. The number of carbonyl (C=O) groups excluding carboxylic acids is 1. The molecule has 0 bridgehead atoms. The van der Waals surface area contributed by atoms with Gasteiger partial charge in [-0.1, -0.05) is 229 Å². The van der Waals surface area contributed by atoms with Gasteiger partial charge in [0.15, 0.2) is 0 Å². The van der Waals surface area contributed by atoms with E-state index in [4.69, 9.17) is 18.5 Å². The molecule has 0 saturated heterocycles. The number of ether oxygens (including phenoxy) is 2. The lowest BCUT2D eigenvalue weighted by atomic mass is 10.0. The minimum absolute atomic E-state index is 0.0822. The third kappa shape index (κ3) is 53.0. The zero-order valence-corrected chi connectivity index (χ0v) is 44.1. The summed E-state index contributed by atoms with van der Waals surface area (Å²) in [5, 5.41) is 0. The molecule has 380 valence electrons. The third-order valence-corrected chi connectivity index (χ3v) is 12.6. The third-order valence-electron chi connectivity index (χ3n) is 11.6. The Morgan fingerprint density at radius 1 is 0.492 bits per heavy atom. The van der Waals surface area contributed by atoms with Gasteiger partial charge in [-0.3, -0.25) is 13.8 Å². The number of esters is 1. The molecule has 0 aliphatic heterocycles. The number of carbonyl (C=O) groups is 1. The van der Waals surface area contributed by atoms with Crippen LogP contribution >= 0.6 is 7.82 Å². The molecule has 0 radical (unpaired) electrons. The largest absolute Gasteiger partial charge is 0.472 e. The minimum Gasteiger partial charge on any atom is -0.457 e. The molecule has 9 heteroatoms. The molecule has 0 spiro atoms. The van der Waals surface area contributed by atoms with Gasteiger partial charge in [-0.2, -0.15) is 0 Å². The molecule has 1 N–H and O–H groups in total. The lowest BCUT2D eigenvalue weighted by molar-refractivity contribution is -0.870. The van der Waals surface area contributed by atoms with Crippen LogP contribution in [0.25, 0.3) is 0 Å². The van der Waals surface area contributed by atoms with Crippen molar-refractivity contribution in [3.63, 3.8) is 0 Å². The van der Waals surface area contributed by atoms with Crippen LogP contribution in [0.5, 0.6) is 0 Å². The minimum atomic E-state index is -4.29. The monoisotopic (exact) mass is 935 g/mol. The van der Waals surface area contributed by atoms with Crippen molar-refractivity contribution in [1.29, 1.82) is 0 Å². The molecule has 8 nitrogen and oxygen atoms in total. The van der Waals surface area contributed by atoms with Crippen molar-refractivity contribution < 1.29 is 37.3 Å². The maximum Gasteiger partial charge on any atom is 0.472 e. The summed E-state index contributed by atoms with van der Waals surface area (Å²) in [5.74, 6) is -0.320. The van der Waals surface area contributed by atoms with Gasteiger partial charge in [0.05, 0.1) is 34.4 Å². The highest BCUT2D eigenvalue weighted by Crippen LogP contribution is 2.43. The summed E-state index contributed by atoms with van der Waals surface area (Å²) in [4.78, 5) is 23.0. The Balaban J connectivity index is 4.14. The second kappa shape index (κ2) is 48.6. The Bertz CT molecular complexity index is 1220. The molecule has 0 saturated carbocycles. The van der Waals surface area contributed by atoms with E-state index in [0.717, 1.165) is 83.5 Å². The average molecular weight is 935 g/mol. The van der Waals surface area contributed by atoms with E-state index in [0.29, 0.717) is 24.1 Å². The summed E-state index contributed by atoms with van der Waals surface area (Å²) in [6.07, 6.45) is 62.8. The van der Waals surface area contributed by atoms with Crippen LogP contribution in [-0.4, -0.2) is 75.6 Å². The molecule has 0 aliphatic carbocycles. The molecule has 0 heterocycles. The molecular formula is C56H105NO7P+. The first-order valence-corrected chi connectivity index (χ1v) is 28.5. The molecule has 0 aliphatic rings. The van der Waals surface area contributed by atoms with Gasteiger partial charge in [-0.25, -0.2) is 4.57 Å². The number of hydrogen-bond acceptors (Lipinski definition) is 6. The first kappa shape index (κ1) is 63.2. The summed E-state index contributed by atoms with van der Waals surface area (Å²) >= 11 is 0. The standard InChI is InChI=1S/C56H104NO7P/c1-6-8-10-12-14-16-18-20-22-24-26-28-29-30-31-33-35-37-39-41-43-45-47-49-56(58)64-55(54-63-65(59,60)62-52-50-57(3,4)5)53-61-51-48-46-44-42-40-38-36-34-32-27-25-23-21-19-17-15-13-11-9-7-2/h9,11,15,17,21,23,27,32,36,38,55H,6-8,10,12-14,16,18-20,22,24-26,28-31,33-35,37,39-54H2,1-5H3/p+1/b11-9-,17-15-,23-21-,32-27-,38-36-. The van der Waals surface area contributed by atoms with Gasteiger partial charge in [0.1, 0.15) is 19.3 Å². The Kier molecular flexibility index (Phi) is 47.3. The molecule has 2 unspecified atom stereocenters. The molecule has 2 atom stereocenters. The van der Waals surface area contributed by atoms with Crippen LogP contribution in [0.4, 0.5) is 0 Å². The van der Waals surface area contributed by atoms with Gasteiger partial charge in [-0.05, 0) is 57.8 Å². The van der Waals surface area contributed by atoms with E-state index in [1.54, 1.807) is 0 Å². The molecule has 0 aromatic rings. The SMILES string of the molecule is CC/C=C\C/C=C\C/C=C\C/C=C\C/C=C\CCCCCCOCC(COP(=O)(O)OCC[N+](C)(C)C)OC(=O)CCCCCCCCCCCCCCCCCCCCCCCCC. The number of phosphoric acid groups is 1. The van der Waals surface area contributed by atoms with E-state index in [-0.39, 0.29) is 25.8 Å². The van der Waals surface area contributed by atoms with Crippen LogP contribution in [0.15, 0.2) is 60.8 Å². The van der Waals surface area contributed by atoms with Crippen LogP contribution in [0, 0.1) is 0 Å². The Morgan fingerprint density at radius 3 is 1.34 bits per heavy atom. The zero-order chi connectivity index (χ0) is 47.6. The van der Waals surface area contributed by atoms with E-state index >= 15 is 0 Å². The average Bonchev–Trinajstić information content (AvgIpc) is 3.27. The van der Waals surface area contributed by atoms with Crippen molar-refractivity contribution >= 4 is 13.8 Å². The van der Waals surface area contributed by atoms with Gasteiger partial charge < -0.3 is 18.9 Å². The summed E-state index contributed by atoms with van der Waals surface area (Å²) in [6.45, 7) is 5.48. The lowest BCUT2D eigenvalue weighted by Crippen LogP contribution is -2.37. The van der Waals surface area contributed by atoms with E-state index < -0.39 is 13.9 Å². The predicted molar refractivity (Wildman–Crippen MR) is 279 cm³/mol. The van der Waals surface area contributed by atoms with Gasteiger partial charge in [-0.15, -0.1) is 0 Å². The Labute approximate surface area is 402 Å². The second-order valence-electron chi connectivity index (χ2n) is 19.2. The summed E-state index contributed by atoms with van der Waals surface area (Å²) in [6, 6.07) is 0. The van der Waals surface area contributed by atoms with Gasteiger partial charge in [0.2, 0.25) is 0 Å². The van der Waals surface area contributed by atoms with E-state index in [9.17, 15) is 14.3 Å². The molecule has 0 rings (SSSR count).